The highest BCUT2D eigenvalue weighted by Crippen LogP contribution is 2.14. The molecule has 4 nitrogen and oxygen atoms in total. The quantitative estimate of drug-likeness (QED) is 0.692. The van der Waals surface area contributed by atoms with Crippen molar-refractivity contribution < 1.29 is 4.39 Å². The molecule has 0 bridgehead atoms. The van der Waals surface area contributed by atoms with Crippen LogP contribution in [0.2, 0.25) is 0 Å². The van der Waals surface area contributed by atoms with Crippen molar-refractivity contribution in [1.82, 2.24) is 19.5 Å². The first-order valence-electron chi connectivity index (χ1n) is 5.61. The van der Waals surface area contributed by atoms with Gasteiger partial charge in [-0.2, -0.15) is 0 Å². The molecule has 0 aliphatic rings. The molecule has 0 spiro atoms. The Kier molecular flexibility index (Phi) is 2.51. The molecule has 0 atom stereocenters. The summed E-state index contributed by atoms with van der Waals surface area (Å²) in [6.07, 6.45) is 3.20. The highest BCUT2D eigenvalue weighted by Gasteiger charge is 2.08. The fourth-order valence-corrected chi connectivity index (χ4v) is 1.95. The minimum atomic E-state index is -0.228. The summed E-state index contributed by atoms with van der Waals surface area (Å²) in [6.45, 7) is 2.55. The molecule has 5 heteroatoms. The van der Waals surface area contributed by atoms with Gasteiger partial charge < -0.3 is 4.57 Å². The average Bonchev–Trinajstić information content (AvgIpc) is 2.69. The summed E-state index contributed by atoms with van der Waals surface area (Å²) in [7, 11) is 0. The van der Waals surface area contributed by atoms with Crippen molar-refractivity contribution in [3.63, 3.8) is 0 Å². The molecule has 18 heavy (non-hydrogen) atoms. The van der Waals surface area contributed by atoms with Gasteiger partial charge in [-0.1, -0.05) is 12.1 Å². The smallest absolute Gasteiger partial charge is 0.163 e. The predicted molar refractivity (Wildman–Crippen MR) is 65.6 cm³/mol. The van der Waals surface area contributed by atoms with Crippen molar-refractivity contribution in [3.8, 4) is 0 Å². The maximum atomic E-state index is 12.9. The Morgan fingerprint density at radius 1 is 1.22 bits per heavy atom. The van der Waals surface area contributed by atoms with Crippen LogP contribution in [-0.2, 0) is 6.54 Å². The van der Waals surface area contributed by atoms with E-state index in [9.17, 15) is 4.39 Å². The van der Waals surface area contributed by atoms with E-state index >= 15 is 0 Å². The number of hydrogen-bond acceptors (Lipinski definition) is 3. The Morgan fingerprint density at radius 3 is 2.78 bits per heavy atom. The first-order chi connectivity index (χ1) is 8.74. The van der Waals surface area contributed by atoms with E-state index in [0.717, 1.165) is 22.6 Å². The zero-order valence-corrected chi connectivity index (χ0v) is 9.84. The van der Waals surface area contributed by atoms with E-state index < -0.39 is 0 Å². The maximum Gasteiger partial charge on any atom is 0.163 e. The van der Waals surface area contributed by atoms with E-state index in [2.05, 4.69) is 15.0 Å². The van der Waals surface area contributed by atoms with E-state index in [-0.39, 0.29) is 5.82 Å². The molecule has 3 rings (SSSR count). The third kappa shape index (κ3) is 1.84. The first-order valence-corrected chi connectivity index (χ1v) is 5.61. The summed E-state index contributed by atoms with van der Waals surface area (Å²) in [5.41, 5.74) is 2.58. The second kappa shape index (κ2) is 4.18. The van der Waals surface area contributed by atoms with Crippen LogP contribution in [-0.4, -0.2) is 19.5 Å². The number of imidazole rings is 1. The van der Waals surface area contributed by atoms with Crippen LogP contribution >= 0.6 is 0 Å². The molecule has 90 valence electrons. The summed E-state index contributed by atoms with van der Waals surface area (Å²) >= 11 is 0. The number of aromatic nitrogens is 4. The molecule has 3 aromatic rings. The van der Waals surface area contributed by atoms with Crippen LogP contribution in [0.4, 0.5) is 4.39 Å². The second-order valence-corrected chi connectivity index (χ2v) is 4.10. The van der Waals surface area contributed by atoms with Gasteiger partial charge in [-0.05, 0) is 24.6 Å². The van der Waals surface area contributed by atoms with E-state index in [1.165, 1.54) is 18.5 Å². The van der Waals surface area contributed by atoms with Crippen LogP contribution in [0.5, 0.6) is 0 Å². The standard InChI is InChI=1S/C13H11FN4/c1-9-17-12-6-15-8-16-13(12)18(9)7-10-2-4-11(14)5-3-10/h2-6,8H,7H2,1H3. The molecule has 2 heterocycles. The molecule has 0 unspecified atom stereocenters. The second-order valence-electron chi connectivity index (χ2n) is 4.10. The summed E-state index contributed by atoms with van der Waals surface area (Å²) in [4.78, 5) is 12.6. The molecule has 2 aromatic heterocycles. The van der Waals surface area contributed by atoms with E-state index in [4.69, 9.17) is 0 Å². The fourth-order valence-electron chi connectivity index (χ4n) is 1.95. The Bertz CT molecular complexity index is 688. The molecule has 0 fully saturated rings. The topological polar surface area (TPSA) is 43.6 Å². The molecule has 1 aromatic carbocycles. The van der Waals surface area contributed by atoms with Crippen molar-refractivity contribution in [2.45, 2.75) is 13.5 Å². The van der Waals surface area contributed by atoms with E-state index in [1.807, 2.05) is 11.5 Å². The third-order valence-corrected chi connectivity index (χ3v) is 2.86. The van der Waals surface area contributed by atoms with Crippen molar-refractivity contribution in [3.05, 3.63) is 54.0 Å². The highest BCUT2D eigenvalue weighted by atomic mass is 19.1. The van der Waals surface area contributed by atoms with Crippen LogP contribution in [0.15, 0.2) is 36.8 Å². The molecule has 0 saturated carbocycles. The van der Waals surface area contributed by atoms with Crippen LogP contribution < -0.4 is 0 Å². The normalized spacial score (nSPS) is 11.0. The summed E-state index contributed by atoms with van der Waals surface area (Å²) < 4.78 is 14.8. The summed E-state index contributed by atoms with van der Waals surface area (Å²) in [5.74, 6) is 0.642. The Balaban J connectivity index is 2.04. The van der Waals surface area contributed by atoms with Gasteiger partial charge in [-0.25, -0.2) is 19.3 Å². The molecule has 0 aliphatic carbocycles. The minimum Gasteiger partial charge on any atom is -0.308 e. The molecule has 0 amide bonds. The Hall–Kier alpha value is -2.30. The number of rotatable bonds is 2. The van der Waals surface area contributed by atoms with Gasteiger partial charge in [0.25, 0.3) is 0 Å². The van der Waals surface area contributed by atoms with Gasteiger partial charge in [0, 0.05) is 0 Å². The molecule has 0 radical (unpaired) electrons. The zero-order chi connectivity index (χ0) is 12.5. The lowest BCUT2D eigenvalue weighted by molar-refractivity contribution is 0.626. The molecule has 0 aliphatic heterocycles. The van der Waals surface area contributed by atoms with Crippen molar-refractivity contribution in [1.29, 1.82) is 0 Å². The van der Waals surface area contributed by atoms with Gasteiger partial charge >= 0.3 is 0 Å². The van der Waals surface area contributed by atoms with Crippen molar-refractivity contribution in [2.75, 3.05) is 0 Å². The molecule has 0 saturated heterocycles. The number of fused-ring (bicyclic) bond motifs is 1. The number of benzene rings is 1. The van der Waals surface area contributed by atoms with Gasteiger partial charge in [0.1, 0.15) is 23.5 Å². The van der Waals surface area contributed by atoms with E-state index in [1.54, 1.807) is 18.3 Å². The lowest BCUT2D eigenvalue weighted by Gasteiger charge is -2.06. The summed E-state index contributed by atoms with van der Waals surface area (Å²) in [6, 6.07) is 6.45. The lowest BCUT2D eigenvalue weighted by Crippen LogP contribution is -2.03. The number of hydrogen-bond donors (Lipinski definition) is 0. The zero-order valence-electron chi connectivity index (χ0n) is 9.84. The van der Waals surface area contributed by atoms with Gasteiger partial charge in [-0.15, -0.1) is 0 Å². The van der Waals surface area contributed by atoms with Gasteiger partial charge in [0.05, 0.1) is 12.7 Å². The average molecular weight is 242 g/mol. The predicted octanol–water partition coefficient (Wildman–Crippen LogP) is 2.32. The molecular formula is C13H11FN4. The molecular weight excluding hydrogens is 231 g/mol. The van der Waals surface area contributed by atoms with Crippen LogP contribution in [0.1, 0.15) is 11.4 Å². The number of halogens is 1. The Labute approximate surface area is 103 Å². The first kappa shape index (κ1) is 10.8. The van der Waals surface area contributed by atoms with Crippen molar-refractivity contribution in [2.24, 2.45) is 0 Å². The molecule has 0 N–H and O–H groups in total. The van der Waals surface area contributed by atoms with Crippen LogP contribution in [0.25, 0.3) is 11.2 Å². The maximum absolute atomic E-state index is 12.9. The lowest BCUT2D eigenvalue weighted by atomic mass is 10.2. The monoisotopic (exact) mass is 242 g/mol. The summed E-state index contributed by atoms with van der Waals surface area (Å²) in [5, 5.41) is 0. The van der Waals surface area contributed by atoms with Crippen molar-refractivity contribution >= 4 is 11.2 Å². The van der Waals surface area contributed by atoms with Crippen LogP contribution in [0.3, 0.4) is 0 Å². The van der Waals surface area contributed by atoms with E-state index in [0.29, 0.717) is 6.54 Å². The number of nitrogens with zero attached hydrogens (tertiary/aromatic N) is 4. The van der Waals surface area contributed by atoms with Gasteiger partial charge in [0.15, 0.2) is 5.65 Å². The van der Waals surface area contributed by atoms with Gasteiger partial charge in [0.2, 0.25) is 0 Å². The van der Waals surface area contributed by atoms with Gasteiger partial charge in [-0.3, -0.25) is 0 Å². The Morgan fingerprint density at radius 2 is 2.00 bits per heavy atom. The minimum absolute atomic E-state index is 0.228. The van der Waals surface area contributed by atoms with Crippen LogP contribution in [0, 0.1) is 12.7 Å². The number of aryl methyl sites for hydroxylation is 1. The largest absolute Gasteiger partial charge is 0.308 e. The SMILES string of the molecule is Cc1nc2cncnc2n1Cc1ccc(F)cc1. The third-order valence-electron chi connectivity index (χ3n) is 2.86. The highest BCUT2D eigenvalue weighted by molar-refractivity contribution is 5.70. The fraction of sp³-hybridized carbons (Fsp3) is 0.154.